The lowest BCUT2D eigenvalue weighted by Crippen LogP contribution is -2.44. The van der Waals surface area contributed by atoms with Crippen LogP contribution in [-0.4, -0.2) is 25.1 Å². The van der Waals surface area contributed by atoms with Crippen molar-refractivity contribution in [2.45, 2.75) is 58.9 Å². The highest BCUT2D eigenvalue weighted by atomic mass is 15.2. The van der Waals surface area contributed by atoms with Crippen LogP contribution in [-0.2, 0) is 0 Å². The van der Waals surface area contributed by atoms with E-state index in [1.807, 2.05) is 0 Å². The summed E-state index contributed by atoms with van der Waals surface area (Å²) < 4.78 is 0. The molecule has 1 fully saturated rings. The average Bonchev–Trinajstić information content (AvgIpc) is 2.37. The van der Waals surface area contributed by atoms with Crippen LogP contribution in [0.3, 0.4) is 0 Å². The number of rotatable bonds is 5. The second kappa shape index (κ2) is 9.01. The summed E-state index contributed by atoms with van der Waals surface area (Å²) in [6.45, 7) is 8.32. The molecule has 0 radical (unpaired) electrons. The molecule has 0 aromatic rings. The third-order valence-electron chi connectivity index (χ3n) is 3.50. The van der Waals surface area contributed by atoms with E-state index in [2.05, 4.69) is 48.5 Å². The number of hydrogen-bond donors (Lipinski definition) is 2. The van der Waals surface area contributed by atoms with Gasteiger partial charge in [-0.1, -0.05) is 19.1 Å². The van der Waals surface area contributed by atoms with Crippen molar-refractivity contribution in [2.24, 2.45) is 10.9 Å². The van der Waals surface area contributed by atoms with Gasteiger partial charge < -0.3 is 10.6 Å². The highest BCUT2D eigenvalue weighted by Gasteiger charge is 2.18. The zero-order chi connectivity index (χ0) is 13.2. The molecule has 104 valence electrons. The normalized spacial score (nSPS) is 25.4. The van der Waals surface area contributed by atoms with Gasteiger partial charge in [-0.2, -0.15) is 0 Å². The van der Waals surface area contributed by atoms with Crippen molar-refractivity contribution >= 4 is 5.96 Å². The van der Waals surface area contributed by atoms with E-state index in [-0.39, 0.29) is 0 Å². The van der Waals surface area contributed by atoms with Gasteiger partial charge in [0.25, 0.3) is 0 Å². The first kappa shape index (κ1) is 15.1. The molecule has 0 saturated heterocycles. The minimum Gasteiger partial charge on any atom is -0.357 e. The lowest BCUT2D eigenvalue weighted by molar-refractivity contribution is 0.329. The summed E-state index contributed by atoms with van der Waals surface area (Å²) in [5.74, 6) is 1.89. The molecule has 18 heavy (non-hydrogen) atoms. The van der Waals surface area contributed by atoms with Crippen LogP contribution in [0.15, 0.2) is 17.1 Å². The fraction of sp³-hybridized carbons (Fsp3) is 0.800. The molecular weight excluding hydrogens is 222 g/mol. The highest BCUT2D eigenvalue weighted by molar-refractivity contribution is 5.80. The van der Waals surface area contributed by atoms with Crippen LogP contribution in [0.4, 0.5) is 0 Å². The maximum Gasteiger partial charge on any atom is 0.191 e. The van der Waals surface area contributed by atoms with Crippen molar-refractivity contribution in [3.8, 4) is 0 Å². The van der Waals surface area contributed by atoms with Crippen LogP contribution in [0, 0.1) is 5.92 Å². The lowest BCUT2D eigenvalue weighted by Gasteiger charge is -2.28. The van der Waals surface area contributed by atoms with E-state index >= 15 is 0 Å². The van der Waals surface area contributed by atoms with Gasteiger partial charge in [-0.25, -0.2) is 0 Å². The van der Waals surface area contributed by atoms with Gasteiger partial charge in [0.1, 0.15) is 0 Å². The number of aliphatic imine (C=N–C) groups is 1. The van der Waals surface area contributed by atoms with E-state index < -0.39 is 0 Å². The first-order valence-electron chi connectivity index (χ1n) is 7.42. The minimum absolute atomic E-state index is 0.612. The van der Waals surface area contributed by atoms with E-state index in [4.69, 9.17) is 0 Å². The smallest absolute Gasteiger partial charge is 0.191 e. The van der Waals surface area contributed by atoms with Crippen LogP contribution < -0.4 is 10.6 Å². The zero-order valence-electron chi connectivity index (χ0n) is 12.2. The van der Waals surface area contributed by atoms with Crippen molar-refractivity contribution in [2.75, 3.05) is 13.1 Å². The molecular formula is C15H29N3. The zero-order valence-corrected chi connectivity index (χ0v) is 12.2. The molecule has 0 spiro atoms. The second-order valence-corrected chi connectivity index (χ2v) is 5.22. The molecule has 0 aromatic heterocycles. The maximum absolute atomic E-state index is 4.61. The highest BCUT2D eigenvalue weighted by Crippen LogP contribution is 2.23. The minimum atomic E-state index is 0.612. The summed E-state index contributed by atoms with van der Waals surface area (Å²) in [5, 5.41) is 6.90. The first-order chi connectivity index (χ1) is 8.76. The third kappa shape index (κ3) is 6.08. The number of guanidine groups is 1. The Hall–Kier alpha value is -0.990. The van der Waals surface area contributed by atoms with Gasteiger partial charge in [0.15, 0.2) is 5.96 Å². The molecule has 2 N–H and O–H groups in total. The van der Waals surface area contributed by atoms with E-state index in [1.165, 1.54) is 25.7 Å². The molecule has 3 heteroatoms. The topological polar surface area (TPSA) is 36.4 Å². The van der Waals surface area contributed by atoms with E-state index in [9.17, 15) is 0 Å². The Labute approximate surface area is 112 Å². The van der Waals surface area contributed by atoms with E-state index in [0.29, 0.717) is 6.04 Å². The molecule has 0 atom stereocenters. The Kier molecular flexibility index (Phi) is 7.54. The van der Waals surface area contributed by atoms with Gasteiger partial charge in [0, 0.05) is 19.1 Å². The van der Waals surface area contributed by atoms with Gasteiger partial charge in [-0.15, -0.1) is 0 Å². The standard InChI is InChI=1S/C15H29N3/c1-4-6-7-12-17-15(16-5-2)18-14-10-8-13(3)9-11-14/h4,6,13-14H,5,7-12H2,1-3H3,(H2,16,17,18)/b6-4+. The fourth-order valence-corrected chi connectivity index (χ4v) is 2.34. The van der Waals surface area contributed by atoms with Crippen LogP contribution in [0.25, 0.3) is 0 Å². The van der Waals surface area contributed by atoms with Gasteiger partial charge in [-0.3, -0.25) is 4.99 Å². The Bertz CT molecular complexity index is 263. The van der Waals surface area contributed by atoms with Gasteiger partial charge in [0.05, 0.1) is 0 Å². The van der Waals surface area contributed by atoms with Gasteiger partial charge in [0.2, 0.25) is 0 Å². The number of hydrogen-bond acceptors (Lipinski definition) is 1. The van der Waals surface area contributed by atoms with Crippen LogP contribution in [0.2, 0.25) is 0 Å². The van der Waals surface area contributed by atoms with E-state index in [1.54, 1.807) is 0 Å². The van der Waals surface area contributed by atoms with Crippen molar-refractivity contribution in [3.05, 3.63) is 12.2 Å². The molecule has 0 aromatic carbocycles. The van der Waals surface area contributed by atoms with Gasteiger partial charge in [-0.05, 0) is 51.9 Å². The Balaban J connectivity index is 2.36. The number of nitrogens with one attached hydrogen (secondary N) is 2. The van der Waals surface area contributed by atoms with E-state index in [0.717, 1.165) is 31.4 Å². The van der Waals surface area contributed by atoms with Crippen LogP contribution in [0.1, 0.15) is 52.9 Å². The Morgan fingerprint density at radius 3 is 2.61 bits per heavy atom. The quantitative estimate of drug-likeness (QED) is 0.341. The van der Waals surface area contributed by atoms with Crippen molar-refractivity contribution in [1.29, 1.82) is 0 Å². The fourth-order valence-electron chi connectivity index (χ4n) is 2.34. The predicted molar refractivity (Wildman–Crippen MR) is 80.0 cm³/mol. The lowest BCUT2D eigenvalue weighted by atomic mass is 9.87. The average molecular weight is 251 g/mol. The van der Waals surface area contributed by atoms with Crippen LogP contribution >= 0.6 is 0 Å². The van der Waals surface area contributed by atoms with Crippen LogP contribution in [0.5, 0.6) is 0 Å². The molecule has 1 aliphatic carbocycles. The third-order valence-corrected chi connectivity index (χ3v) is 3.50. The Morgan fingerprint density at radius 2 is 2.00 bits per heavy atom. The molecule has 0 bridgehead atoms. The first-order valence-corrected chi connectivity index (χ1v) is 7.42. The van der Waals surface area contributed by atoms with Gasteiger partial charge >= 0.3 is 0 Å². The summed E-state index contributed by atoms with van der Waals surface area (Å²) >= 11 is 0. The molecule has 0 amide bonds. The molecule has 0 unspecified atom stereocenters. The summed E-state index contributed by atoms with van der Waals surface area (Å²) in [6, 6.07) is 0.612. The number of allylic oxidation sites excluding steroid dienone is 1. The summed E-state index contributed by atoms with van der Waals surface area (Å²) in [6.07, 6.45) is 10.5. The predicted octanol–water partition coefficient (Wildman–Crippen LogP) is 3.09. The second-order valence-electron chi connectivity index (χ2n) is 5.22. The summed E-state index contributed by atoms with van der Waals surface area (Å²) in [5.41, 5.74) is 0. The monoisotopic (exact) mass is 251 g/mol. The molecule has 1 rings (SSSR count). The van der Waals surface area contributed by atoms with Crippen molar-refractivity contribution < 1.29 is 0 Å². The van der Waals surface area contributed by atoms with Crippen molar-refractivity contribution in [3.63, 3.8) is 0 Å². The summed E-state index contributed by atoms with van der Waals surface area (Å²) in [4.78, 5) is 4.61. The molecule has 3 nitrogen and oxygen atoms in total. The Morgan fingerprint density at radius 1 is 1.28 bits per heavy atom. The largest absolute Gasteiger partial charge is 0.357 e. The van der Waals surface area contributed by atoms with Crippen molar-refractivity contribution in [1.82, 2.24) is 10.6 Å². The SMILES string of the molecule is C/C=C/CCN=C(NCC)NC1CCC(C)CC1. The number of nitrogens with zero attached hydrogens (tertiary/aromatic N) is 1. The molecule has 1 saturated carbocycles. The summed E-state index contributed by atoms with van der Waals surface area (Å²) in [7, 11) is 0. The molecule has 1 aliphatic rings. The molecule has 0 heterocycles. The maximum atomic E-state index is 4.61. The molecule has 0 aliphatic heterocycles.